The van der Waals surface area contributed by atoms with Crippen LogP contribution in [-0.4, -0.2) is 34.1 Å². The van der Waals surface area contributed by atoms with Crippen LogP contribution in [-0.2, 0) is 4.74 Å². The lowest BCUT2D eigenvalue weighted by Crippen LogP contribution is -2.23. The van der Waals surface area contributed by atoms with Gasteiger partial charge in [-0.2, -0.15) is 23.3 Å². The van der Waals surface area contributed by atoms with Gasteiger partial charge in [0.05, 0.1) is 0 Å². The summed E-state index contributed by atoms with van der Waals surface area (Å²) >= 11 is 0. The molecule has 14 heavy (non-hydrogen) atoms. The lowest BCUT2D eigenvalue weighted by molar-refractivity contribution is -0.159. The van der Waals surface area contributed by atoms with Gasteiger partial charge >= 0.3 is 12.3 Å². The lowest BCUT2D eigenvalue weighted by Gasteiger charge is -2.06. The maximum absolute atomic E-state index is 11.6. The van der Waals surface area contributed by atoms with Crippen LogP contribution in [0.25, 0.3) is 0 Å². The van der Waals surface area contributed by atoms with E-state index in [9.17, 15) is 18.0 Å². The number of amides is 1. The molecule has 0 bridgehead atoms. The van der Waals surface area contributed by atoms with Crippen LogP contribution in [0.4, 0.5) is 23.9 Å². The second-order valence-electron chi connectivity index (χ2n) is 2.15. The number of hydrogen-bond acceptors (Lipinski definition) is 4. The van der Waals surface area contributed by atoms with Crippen molar-refractivity contribution in [3.05, 3.63) is 6.33 Å². The molecule has 0 spiro atoms. The van der Waals surface area contributed by atoms with E-state index in [1.165, 1.54) is 0 Å². The molecule has 1 heterocycles. The first-order chi connectivity index (χ1) is 6.47. The molecule has 0 aliphatic carbocycles. The second kappa shape index (κ2) is 3.94. The first-order valence-electron chi connectivity index (χ1n) is 3.33. The number of rotatable bonds is 2. The van der Waals surface area contributed by atoms with Crippen molar-refractivity contribution in [1.82, 2.24) is 15.2 Å². The average molecular weight is 210 g/mol. The lowest BCUT2D eigenvalue weighted by atomic mass is 10.7. The molecule has 1 rings (SSSR count). The Morgan fingerprint density at radius 3 is 2.86 bits per heavy atom. The van der Waals surface area contributed by atoms with Gasteiger partial charge in [0.25, 0.3) is 0 Å². The fraction of sp³-hybridized carbons (Fsp3) is 0.400. The van der Waals surface area contributed by atoms with Crippen LogP contribution in [0.2, 0.25) is 0 Å². The highest BCUT2D eigenvalue weighted by Crippen LogP contribution is 2.14. The predicted octanol–water partition coefficient (Wildman–Crippen LogP) is 0.915. The number of aromatic amines is 1. The monoisotopic (exact) mass is 210 g/mol. The van der Waals surface area contributed by atoms with Gasteiger partial charge in [-0.25, -0.2) is 9.89 Å². The van der Waals surface area contributed by atoms with E-state index in [0.29, 0.717) is 0 Å². The number of carbonyl (C=O) groups excluding carboxylic acids is 1. The Morgan fingerprint density at radius 2 is 2.36 bits per heavy atom. The third kappa shape index (κ3) is 3.74. The molecule has 0 aromatic carbocycles. The van der Waals surface area contributed by atoms with Gasteiger partial charge in [0.15, 0.2) is 6.61 Å². The zero-order valence-electron chi connectivity index (χ0n) is 6.63. The van der Waals surface area contributed by atoms with Crippen molar-refractivity contribution in [1.29, 1.82) is 0 Å². The van der Waals surface area contributed by atoms with E-state index in [1.54, 1.807) is 0 Å². The van der Waals surface area contributed by atoms with Crippen molar-refractivity contribution >= 4 is 12.0 Å². The Bertz CT molecular complexity index is 296. The van der Waals surface area contributed by atoms with Crippen molar-refractivity contribution in [3.63, 3.8) is 0 Å². The highest BCUT2D eigenvalue weighted by atomic mass is 19.4. The average Bonchev–Trinajstić information content (AvgIpc) is 2.52. The Balaban J connectivity index is 2.30. The normalized spacial score (nSPS) is 11.1. The molecule has 6 nitrogen and oxygen atoms in total. The zero-order chi connectivity index (χ0) is 10.6. The van der Waals surface area contributed by atoms with Crippen molar-refractivity contribution in [2.75, 3.05) is 11.9 Å². The maximum Gasteiger partial charge on any atom is 0.422 e. The number of nitrogens with zero attached hydrogens (tertiary/aromatic N) is 2. The minimum absolute atomic E-state index is 0.0859. The van der Waals surface area contributed by atoms with E-state index in [-0.39, 0.29) is 5.95 Å². The minimum Gasteiger partial charge on any atom is -0.440 e. The van der Waals surface area contributed by atoms with Crippen molar-refractivity contribution in [2.45, 2.75) is 6.18 Å². The number of carbonyl (C=O) groups is 1. The number of H-pyrrole nitrogens is 1. The molecule has 78 valence electrons. The fourth-order valence-corrected chi connectivity index (χ4v) is 0.546. The van der Waals surface area contributed by atoms with Crippen LogP contribution in [0, 0.1) is 0 Å². The van der Waals surface area contributed by atoms with Crippen molar-refractivity contribution in [2.24, 2.45) is 0 Å². The van der Waals surface area contributed by atoms with E-state index < -0.39 is 18.9 Å². The van der Waals surface area contributed by atoms with Crippen LogP contribution in [0.3, 0.4) is 0 Å². The molecule has 0 atom stereocenters. The molecule has 0 unspecified atom stereocenters. The van der Waals surface area contributed by atoms with Gasteiger partial charge in [-0.15, -0.1) is 0 Å². The minimum atomic E-state index is -4.54. The van der Waals surface area contributed by atoms with Crippen LogP contribution in [0.5, 0.6) is 0 Å². The summed E-state index contributed by atoms with van der Waals surface area (Å²) in [6.45, 7) is -1.65. The van der Waals surface area contributed by atoms with Crippen molar-refractivity contribution in [3.8, 4) is 0 Å². The van der Waals surface area contributed by atoms with Gasteiger partial charge in [-0.3, -0.25) is 5.32 Å². The highest BCUT2D eigenvalue weighted by molar-refractivity contribution is 5.81. The number of ether oxygens (including phenoxy) is 1. The maximum atomic E-state index is 11.6. The third-order valence-electron chi connectivity index (χ3n) is 1.00. The topological polar surface area (TPSA) is 79.9 Å². The van der Waals surface area contributed by atoms with E-state index in [2.05, 4.69) is 19.9 Å². The first-order valence-corrected chi connectivity index (χ1v) is 3.33. The van der Waals surface area contributed by atoms with Gasteiger partial charge in [0, 0.05) is 0 Å². The summed E-state index contributed by atoms with van der Waals surface area (Å²) in [6, 6.07) is 0. The highest BCUT2D eigenvalue weighted by Gasteiger charge is 2.29. The molecular weight excluding hydrogens is 205 g/mol. The first kappa shape index (κ1) is 10.3. The van der Waals surface area contributed by atoms with Crippen LogP contribution in [0.15, 0.2) is 6.33 Å². The molecule has 0 aliphatic rings. The van der Waals surface area contributed by atoms with Gasteiger partial charge in [0.1, 0.15) is 6.33 Å². The Hall–Kier alpha value is -1.80. The summed E-state index contributed by atoms with van der Waals surface area (Å²) in [6.07, 6.45) is -4.71. The number of alkyl halides is 3. The second-order valence-corrected chi connectivity index (χ2v) is 2.15. The Kier molecular flexibility index (Phi) is 2.89. The molecule has 1 aromatic rings. The van der Waals surface area contributed by atoms with Crippen molar-refractivity contribution < 1.29 is 22.7 Å². The zero-order valence-corrected chi connectivity index (χ0v) is 6.63. The van der Waals surface area contributed by atoms with E-state index >= 15 is 0 Å². The standard InChI is InChI=1S/C5H5F3N4O2/c6-5(7,8)1-14-4(13)11-3-9-2-10-12-3/h2H,1H2,(H2,9,10,11,12,13). The summed E-state index contributed by atoms with van der Waals surface area (Å²) in [4.78, 5) is 14.1. The van der Waals surface area contributed by atoms with Gasteiger partial charge in [-0.1, -0.05) is 0 Å². The van der Waals surface area contributed by atoms with Gasteiger partial charge in [-0.05, 0) is 0 Å². The van der Waals surface area contributed by atoms with Crippen LogP contribution < -0.4 is 5.32 Å². The Labute approximate surface area is 75.5 Å². The third-order valence-corrected chi connectivity index (χ3v) is 1.00. The van der Waals surface area contributed by atoms with E-state index in [1.807, 2.05) is 5.32 Å². The van der Waals surface area contributed by atoms with E-state index in [0.717, 1.165) is 6.33 Å². The number of anilines is 1. The fourth-order valence-electron chi connectivity index (χ4n) is 0.546. The number of halogens is 3. The summed E-state index contributed by atoms with van der Waals surface area (Å²) in [7, 11) is 0. The van der Waals surface area contributed by atoms with Gasteiger partial charge in [0.2, 0.25) is 5.95 Å². The predicted molar refractivity (Wildman–Crippen MR) is 37.4 cm³/mol. The summed E-state index contributed by atoms with van der Waals surface area (Å²) in [5.41, 5.74) is 0. The molecule has 1 aromatic heterocycles. The molecule has 0 saturated heterocycles. The van der Waals surface area contributed by atoms with Crippen LogP contribution >= 0.6 is 0 Å². The molecule has 0 aliphatic heterocycles. The number of nitrogens with one attached hydrogen (secondary N) is 2. The summed E-state index contributed by atoms with van der Waals surface area (Å²) in [5.74, 6) is -0.0859. The van der Waals surface area contributed by atoms with E-state index in [4.69, 9.17) is 0 Å². The molecular formula is C5H5F3N4O2. The van der Waals surface area contributed by atoms with Gasteiger partial charge < -0.3 is 4.74 Å². The molecule has 9 heteroatoms. The molecule has 2 N–H and O–H groups in total. The quantitative estimate of drug-likeness (QED) is 0.760. The number of hydrogen-bond donors (Lipinski definition) is 2. The summed E-state index contributed by atoms with van der Waals surface area (Å²) in [5, 5.41) is 7.47. The largest absolute Gasteiger partial charge is 0.440 e. The summed E-state index contributed by atoms with van der Waals surface area (Å²) < 4.78 is 38.5. The molecule has 1 amide bonds. The SMILES string of the molecule is O=C(Nc1ncn[nH]1)OCC(F)(F)F. The smallest absolute Gasteiger partial charge is 0.422 e. The molecule has 0 radical (unpaired) electrons. The van der Waals surface area contributed by atoms with Crippen LogP contribution in [0.1, 0.15) is 0 Å². The number of aromatic nitrogens is 3. The Morgan fingerprint density at radius 1 is 1.64 bits per heavy atom. The molecule has 0 fully saturated rings. The molecule has 0 saturated carbocycles.